The summed E-state index contributed by atoms with van der Waals surface area (Å²) in [5.41, 5.74) is 0.912. The number of ether oxygens (including phenoxy) is 4. The summed E-state index contributed by atoms with van der Waals surface area (Å²) in [5.74, 6) is 0.207. The monoisotopic (exact) mass is 512 g/mol. The molecule has 2 saturated heterocycles. The highest BCUT2D eigenvalue weighted by molar-refractivity contribution is 5.68. The van der Waals surface area contributed by atoms with Gasteiger partial charge in [0.15, 0.2) is 0 Å². The van der Waals surface area contributed by atoms with Gasteiger partial charge < -0.3 is 23.8 Å². The van der Waals surface area contributed by atoms with Crippen molar-refractivity contribution in [2.75, 3.05) is 33.4 Å². The minimum absolute atomic E-state index is 0.00145. The first kappa shape index (κ1) is 26.2. The Kier molecular flexibility index (Phi) is 7.99. The molecule has 0 radical (unpaired) electrons. The first-order valence-corrected chi connectivity index (χ1v) is 11.7. The zero-order chi connectivity index (χ0) is 25.8. The number of pyridine rings is 1. The molecule has 2 aromatic rings. The number of piperidine rings is 1. The molecule has 1 unspecified atom stereocenters. The Balaban J connectivity index is 1.26. The van der Waals surface area contributed by atoms with Crippen LogP contribution in [0.15, 0.2) is 42.6 Å². The lowest BCUT2D eigenvalue weighted by Gasteiger charge is -2.38. The molecular weight excluding hydrogens is 484 g/mol. The number of benzene rings is 1. The van der Waals surface area contributed by atoms with Crippen LogP contribution in [-0.4, -0.2) is 67.3 Å². The van der Waals surface area contributed by atoms with Crippen LogP contribution in [0.4, 0.5) is 22.4 Å². The fourth-order valence-corrected chi connectivity index (χ4v) is 4.51. The lowest BCUT2D eigenvalue weighted by Crippen LogP contribution is -2.49. The van der Waals surface area contributed by atoms with E-state index in [-0.39, 0.29) is 25.6 Å². The molecule has 36 heavy (non-hydrogen) atoms. The summed E-state index contributed by atoms with van der Waals surface area (Å²) in [4.78, 5) is 17.9. The Morgan fingerprint density at radius 3 is 2.53 bits per heavy atom. The van der Waals surface area contributed by atoms with Gasteiger partial charge in [0.05, 0.1) is 38.7 Å². The van der Waals surface area contributed by atoms with Crippen LogP contribution in [0.25, 0.3) is 0 Å². The van der Waals surface area contributed by atoms with Gasteiger partial charge in [0.1, 0.15) is 11.6 Å². The maximum atomic E-state index is 13.5. The molecule has 1 amide bonds. The molecule has 1 aromatic heterocycles. The van der Waals surface area contributed by atoms with E-state index in [1.54, 1.807) is 30.3 Å². The van der Waals surface area contributed by atoms with E-state index in [9.17, 15) is 22.4 Å². The zero-order valence-electron chi connectivity index (χ0n) is 19.8. The van der Waals surface area contributed by atoms with Gasteiger partial charge in [0.25, 0.3) is 0 Å². The van der Waals surface area contributed by atoms with Crippen LogP contribution in [0, 0.1) is 5.82 Å². The van der Waals surface area contributed by atoms with Crippen LogP contribution < -0.4 is 4.74 Å². The van der Waals surface area contributed by atoms with Crippen LogP contribution in [0.2, 0.25) is 0 Å². The number of methoxy groups -OCH3 is 1. The summed E-state index contributed by atoms with van der Waals surface area (Å²) in [7, 11) is 1.51. The van der Waals surface area contributed by atoms with E-state index in [2.05, 4.69) is 4.98 Å². The summed E-state index contributed by atoms with van der Waals surface area (Å²) in [6.45, 7) is -0.0413. The lowest BCUT2D eigenvalue weighted by atomic mass is 9.84. The van der Waals surface area contributed by atoms with Gasteiger partial charge >= 0.3 is 12.3 Å². The molecule has 2 aliphatic rings. The molecule has 4 rings (SSSR count). The molecule has 2 aliphatic heterocycles. The van der Waals surface area contributed by atoms with E-state index in [1.807, 2.05) is 0 Å². The van der Waals surface area contributed by atoms with Gasteiger partial charge in [-0.05, 0) is 49.1 Å². The second kappa shape index (κ2) is 11.0. The molecule has 1 aromatic carbocycles. The van der Waals surface area contributed by atoms with E-state index >= 15 is 0 Å². The lowest BCUT2D eigenvalue weighted by molar-refractivity contribution is -0.220. The second-order valence-corrected chi connectivity index (χ2v) is 9.06. The highest BCUT2D eigenvalue weighted by Crippen LogP contribution is 2.42. The Hall–Kier alpha value is -2.92. The highest BCUT2D eigenvalue weighted by Gasteiger charge is 2.47. The molecule has 7 nitrogen and oxygen atoms in total. The molecule has 3 heterocycles. The maximum Gasteiger partial charge on any atom is 0.427 e. The standard InChI is InChI=1S/C25H28F4N2O5/c1-33-20-5-2-17(3-6-20)14-34-16-22(25(27,28)29)36-23(32)31-10-8-24(9-11-31)12-18(15-35-24)21-7-4-19(26)13-30-21/h2-7,13,18,22H,8-12,14-16H2,1H3/t18?,22-/m1/s1. The van der Waals surface area contributed by atoms with Gasteiger partial charge in [0.2, 0.25) is 6.10 Å². The summed E-state index contributed by atoms with van der Waals surface area (Å²) in [6.07, 6.45) is -5.44. The molecule has 1 spiro atoms. The number of likely N-dealkylation sites (tertiary alicyclic amines) is 1. The first-order chi connectivity index (χ1) is 17.2. The van der Waals surface area contributed by atoms with Gasteiger partial charge in [-0.15, -0.1) is 0 Å². The van der Waals surface area contributed by atoms with Gasteiger partial charge in [0, 0.05) is 24.7 Å². The van der Waals surface area contributed by atoms with Crippen molar-refractivity contribution in [3.63, 3.8) is 0 Å². The number of nitrogens with zero attached hydrogens (tertiary/aromatic N) is 2. The van der Waals surface area contributed by atoms with Crippen molar-refractivity contribution in [3.8, 4) is 5.75 Å². The summed E-state index contributed by atoms with van der Waals surface area (Å²) < 4.78 is 74.7. The number of alkyl halides is 3. The smallest absolute Gasteiger partial charge is 0.427 e. The van der Waals surface area contributed by atoms with Crippen molar-refractivity contribution >= 4 is 6.09 Å². The minimum atomic E-state index is -4.77. The number of aromatic nitrogens is 1. The number of carbonyl (C=O) groups is 1. The molecule has 0 saturated carbocycles. The number of rotatable bonds is 7. The Morgan fingerprint density at radius 1 is 1.19 bits per heavy atom. The molecule has 11 heteroatoms. The van der Waals surface area contributed by atoms with Crippen LogP contribution in [0.5, 0.6) is 5.75 Å². The molecule has 0 bridgehead atoms. The minimum Gasteiger partial charge on any atom is -0.497 e. The molecule has 0 N–H and O–H groups in total. The Bertz CT molecular complexity index is 1010. The van der Waals surface area contributed by atoms with Crippen molar-refractivity contribution in [3.05, 3.63) is 59.7 Å². The van der Waals surface area contributed by atoms with Crippen LogP contribution in [0.3, 0.4) is 0 Å². The zero-order valence-corrected chi connectivity index (χ0v) is 19.8. The fourth-order valence-electron chi connectivity index (χ4n) is 4.51. The van der Waals surface area contributed by atoms with E-state index in [0.717, 1.165) is 11.9 Å². The summed E-state index contributed by atoms with van der Waals surface area (Å²) in [6, 6.07) is 9.69. The molecule has 0 aliphatic carbocycles. The van der Waals surface area contributed by atoms with Crippen LogP contribution in [-0.2, 0) is 20.8 Å². The molecule has 196 valence electrons. The largest absolute Gasteiger partial charge is 0.497 e. The quantitative estimate of drug-likeness (QED) is 0.494. The predicted octanol–water partition coefficient (Wildman–Crippen LogP) is 4.85. The maximum absolute atomic E-state index is 13.5. The number of amides is 1. The molecular formula is C25H28F4N2O5. The number of hydrogen-bond donors (Lipinski definition) is 0. The Labute approximate surface area is 206 Å². The normalized spacial score (nSPS) is 20.4. The average Bonchev–Trinajstić information content (AvgIpc) is 3.27. The third kappa shape index (κ3) is 6.44. The van der Waals surface area contributed by atoms with E-state index in [1.165, 1.54) is 18.1 Å². The van der Waals surface area contributed by atoms with E-state index in [4.69, 9.17) is 18.9 Å². The van der Waals surface area contributed by atoms with Gasteiger partial charge in [-0.3, -0.25) is 4.98 Å². The van der Waals surface area contributed by atoms with Crippen molar-refractivity contribution in [2.45, 2.75) is 49.7 Å². The van der Waals surface area contributed by atoms with E-state index < -0.39 is 36.4 Å². The van der Waals surface area contributed by atoms with E-state index in [0.29, 0.717) is 37.2 Å². The topological polar surface area (TPSA) is 70.1 Å². The third-order valence-electron chi connectivity index (χ3n) is 6.62. The summed E-state index contributed by atoms with van der Waals surface area (Å²) in [5, 5.41) is 0. The SMILES string of the molecule is COc1ccc(COC[C@@H](OC(=O)N2CCC3(CC2)CC(c2ccc(F)cn2)CO3)C(F)(F)F)cc1. The Morgan fingerprint density at radius 2 is 1.92 bits per heavy atom. The average molecular weight is 513 g/mol. The number of halogens is 4. The van der Waals surface area contributed by atoms with Crippen molar-refractivity contribution < 1.29 is 41.3 Å². The van der Waals surface area contributed by atoms with Crippen molar-refractivity contribution in [1.82, 2.24) is 9.88 Å². The first-order valence-electron chi connectivity index (χ1n) is 11.7. The fraction of sp³-hybridized carbons (Fsp3) is 0.520. The second-order valence-electron chi connectivity index (χ2n) is 9.06. The molecule has 2 atom stereocenters. The van der Waals surface area contributed by atoms with Gasteiger partial charge in [-0.2, -0.15) is 13.2 Å². The van der Waals surface area contributed by atoms with Gasteiger partial charge in [-0.25, -0.2) is 9.18 Å². The summed E-state index contributed by atoms with van der Waals surface area (Å²) >= 11 is 0. The number of hydrogen-bond acceptors (Lipinski definition) is 6. The van der Waals surface area contributed by atoms with Crippen molar-refractivity contribution in [2.24, 2.45) is 0 Å². The number of carbonyl (C=O) groups excluding carboxylic acids is 1. The van der Waals surface area contributed by atoms with Crippen LogP contribution >= 0.6 is 0 Å². The van der Waals surface area contributed by atoms with Crippen LogP contribution in [0.1, 0.15) is 36.4 Å². The highest BCUT2D eigenvalue weighted by atomic mass is 19.4. The van der Waals surface area contributed by atoms with Crippen molar-refractivity contribution in [1.29, 1.82) is 0 Å². The predicted molar refractivity (Wildman–Crippen MR) is 120 cm³/mol. The third-order valence-corrected chi connectivity index (χ3v) is 6.62. The van der Waals surface area contributed by atoms with Gasteiger partial charge in [-0.1, -0.05) is 12.1 Å². The molecule has 2 fully saturated rings.